The Bertz CT molecular complexity index is 688. The summed E-state index contributed by atoms with van der Waals surface area (Å²) in [5.41, 5.74) is 4.04. The molecule has 3 rings (SSSR count). The fourth-order valence-electron chi connectivity index (χ4n) is 2.21. The molecule has 0 aliphatic carbocycles. The summed E-state index contributed by atoms with van der Waals surface area (Å²) < 4.78 is 5.47. The molecular weight excluding hydrogens is 236 g/mol. The standard InChI is InChI=1S/C16H16N2O/c1-11(13-6-4-3-5-7-13)17-14-8-9-16-15(10-14)18-12(2)19-16/h3-11,17H,1-2H3. The van der Waals surface area contributed by atoms with Crippen molar-refractivity contribution in [3.8, 4) is 0 Å². The molecule has 1 N–H and O–H groups in total. The lowest BCUT2D eigenvalue weighted by atomic mass is 10.1. The average Bonchev–Trinajstić information content (AvgIpc) is 2.79. The number of oxazole rings is 1. The first kappa shape index (κ1) is 11.8. The van der Waals surface area contributed by atoms with Crippen molar-refractivity contribution in [2.45, 2.75) is 19.9 Å². The van der Waals surface area contributed by atoms with E-state index in [9.17, 15) is 0 Å². The molecular formula is C16H16N2O. The molecule has 96 valence electrons. The van der Waals surface area contributed by atoms with E-state index in [0.29, 0.717) is 5.89 Å². The van der Waals surface area contributed by atoms with Crippen LogP contribution in [0, 0.1) is 6.92 Å². The van der Waals surface area contributed by atoms with Crippen LogP contribution in [0.5, 0.6) is 0 Å². The fraction of sp³-hybridized carbons (Fsp3) is 0.188. The van der Waals surface area contributed by atoms with Crippen molar-refractivity contribution in [1.29, 1.82) is 0 Å². The third-order valence-corrected chi connectivity index (χ3v) is 3.18. The molecule has 0 bridgehead atoms. The van der Waals surface area contributed by atoms with E-state index in [1.807, 2.05) is 31.2 Å². The smallest absolute Gasteiger partial charge is 0.192 e. The topological polar surface area (TPSA) is 38.1 Å². The van der Waals surface area contributed by atoms with Gasteiger partial charge in [-0.3, -0.25) is 0 Å². The van der Waals surface area contributed by atoms with E-state index in [2.05, 4.69) is 41.5 Å². The first-order valence-corrected chi connectivity index (χ1v) is 6.41. The number of hydrogen-bond acceptors (Lipinski definition) is 3. The van der Waals surface area contributed by atoms with Gasteiger partial charge in [0.05, 0.1) is 0 Å². The number of nitrogens with one attached hydrogen (secondary N) is 1. The molecule has 0 radical (unpaired) electrons. The third kappa shape index (κ3) is 2.45. The summed E-state index contributed by atoms with van der Waals surface area (Å²) in [6, 6.07) is 16.6. The SMILES string of the molecule is Cc1nc2cc(NC(C)c3ccccc3)ccc2o1. The molecule has 3 nitrogen and oxygen atoms in total. The maximum Gasteiger partial charge on any atom is 0.192 e. The van der Waals surface area contributed by atoms with Crippen molar-refractivity contribution in [1.82, 2.24) is 4.98 Å². The summed E-state index contributed by atoms with van der Waals surface area (Å²) in [6.07, 6.45) is 0. The molecule has 3 heteroatoms. The van der Waals surface area contributed by atoms with E-state index in [-0.39, 0.29) is 6.04 Å². The second-order valence-corrected chi connectivity index (χ2v) is 4.69. The van der Waals surface area contributed by atoms with Crippen LogP contribution in [0.15, 0.2) is 52.9 Å². The molecule has 0 saturated carbocycles. The van der Waals surface area contributed by atoms with Gasteiger partial charge in [0.1, 0.15) is 5.52 Å². The monoisotopic (exact) mass is 252 g/mol. The fourth-order valence-corrected chi connectivity index (χ4v) is 2.21. The highest BCUT2D eigenvalue weighted by molar-refractivity contribution is 5.77. The molecule has 19 heavy (non-hydrogen) atoms. The Hall–Kier alpha value is -2.29. The summed E-state index contributed by atoms with van der Waals surface area (Å²) >= 11 is 0. The Morgan fingerprint density at radius 1 is 1.11 bits per heavy atom. The second kappa shape index (κ2) is 4.76. The predicted octanol–water partition coefficient (Wildman–Crippen LogP) is 4.31. The summed E-state index contributed by atoms with van der Waals surface area (Å²) in [6.45, 7) is 4.01. The van der Waals surface area contributed by atoms with Crippen LogP contribution in [0.4, 0.5) is 5.69 Å². The van der Waals surface area contributed by atoms with Gasteiger partial charge in [0.25, 0.3) is 0 Å². The van der Waals surface area contributed by atoms with Gasteiger partial charge in [-0.15, -0.1) is 0 Å². The summed E-state index contributed by atoms with van der Waals surface area (Å²) in [7, 11) is 0. The summed E-state index contributed by atoms with van der Waals surface area (Å²) in [5.74, 6) is 0.697. The Labute approximate surface area is 112 Å². The number of hydrogen-bond donors (Lipinski definition) is 1. The molecule has 1 heterocycles. The lowest BCUT2D eigenvalue weighted by Crippen LogP contribution is -2.06. The van der Waals surface area contributed by atoms with Crippen molar-refractivity contribution in [2.24, 2.45) is 0 Å². The van der Waals surface area contributed by atoms with Crippen LogP contribution in [-0.4, -0.2) is 4.98 Å². The summed E-state index contributed by atoms with van der Waals surface area (Å²) in [5, 5.41) is 3.48. The van der Waals surface area contributed by atoms with Gasteiger partial charge >= 0.3 is 0 Å². The highest BCUT2D eigenvalue weighted by Gasteiger charge is 2.07. The molecule has 0 aliphatic rings. The number of anilines is 1. The molecule has 0 saturated heterocycles. The minimum Gasteiger partial charge on any atom is -0.441 e. The maximum absolute atomic E-state index is 5.47. The predicted molar refractivity (Wildman–Crippen MR) is 77.2 cm³/mol. The highest BCUT2D eigenvalue weighted by Crippen LogP contribution is 2.23. The number of rotatable bonds is 3. The highest BCUT2D eigenvalue weighted by atomic mass is 16.3. The zero-order valence-corrected chi connectivity index (χ0v) is 11.1. The van der Waals surface area contributed by atoms with Crippen LogP contribution >= 0.6 is 0 Å². The van der Waals surface area contributed by atoms with Gasteiger partial charge in [-0.25, -0.2) is 4.98 Å². The number of aryl methyl sites for hydroxylation is 1. The lowest BCUT2D eigenvalue weighted by Gasteiger charge is -2.15. The third-order valence-electron chi connectivity index (χ3n) is 3.18. The van der Waals surface area contributed by atoms with Gasteiger partial charge < -0.3 is 9.73 Å². The first-order valence-electron chi connectivity index (χ1n) is 6.41. The van der Waals surface area contributed by atoms with E-state index < -0.39 is 0 Å². The molecule has 0 spiro atoms. The van der Waals surface area contributed by atoms with Crippen LogP contribution < -0.4 is 5.32 Å². The van der Waals surface area contributed by atoms with Crippen molar-refractivity contribution in [2.75, 3.05) is 5.32 Å². The van der Waals surface area contributed by atoms with Crippen LogP contribution in [0.25, 0.3) is 11.1 Å². The minimum absolute atomic E-state index is 0.256. The number of fused-ring (bicyclic) bond motifs is 1. The molecule has 1 atom stereocenters. The quantitative estimate of drug-likeness (QED) is 0.754. The van der Waals surface area contributed by atoms with E-state index >= 15 is 0 Å². The van der Waals surface area contributed by atoms with Crippen LogP contribution in [0.1, 0.15) is 24.4 Å². The molecule has 0 amide bonds. The van der Waals surface area contributed by atoms with Crippen molar-refractivity contribution >= 4 is 16.8 Å². The number of nitrogens with zero attached hydrogens (tertiary/aromatic N) is 1. The average molecular weight is 252 g/mol. The van der Waals surface area contributed by atoms with Gasteiger partial charge in [0, 0.05) is 18.7 Å². The van der Waals surface area contributed by atoms with E-state index in [4.69, 9.17) is 4.42 Å². The summed E-state index contributed by atoms with van der Waals surface area (Å²) in [4.78, 5) is 4.35. The van der Waals surface area contributed by atoms with Crippen molar-refractivity contribution < 1.29 is 4.42 Å². The van der Waals surface area contributed by atoms with Crippen LogP contribution in [0.2, 0.25) is 0 Å². The Balaban J connectivity index is 1.85. The van der Waals surface area contributed by atoms with Crippen LogP contribution in [-0.2, 0) is 0 Å². The van der Waals surface area contributed by atoms with Crippen molar-refractivity contribution in [3.05, 3.63) is 60.0 Å². The largest absolute Gasteiger partial charge is 0.441 e. The van der Waals surface area contributed by atoms with Crippen LogP contribution in [0.3, 0.4) is 0 Å². The second-order valence-electron chi connectivity index (χ2n) is 4.69. The number of aromatic nitrogens is 1. The van der Waals surface area contributed by atoms with E-state index in [1.165, 1.54) is 5.56 Å². The van der Waals surface area contributed by atoms with Gasteiger partial charge in [0.2, 0.25) is 0 Å². The molecule has 1 unspecified atom stereocenters. The Morgan fingerprint density at radius 2 is 1.89 bits per heavy atom. The van der Waals surface area contributed by atoms with E-state index in [0.717, 1.165) is 16.8 Å². The zero-order valence-electron chi connectivity index (χ0n) is 11.1. The number of benzene rings is 2. The molecule has 0 aliphatic heterocycles. The molecule has 3 aromatic rings. The molecule has 2 aromatic carbocycles. The molecule has 1 aromatic heterocycles. The Kier molecular flexibility index (Phi) is 2.95. The van der Waals surface area contributed by atoms with Gasteiger partial charge in [-0.05, 0) is 30.7 Å². The zero-order chi connectivity index (χ0) is 13.2. The lowest BCUT2D eigenvalue weighted by molar-refractivity contribution is 0.561. The van der Waals surface area contributed by atoms with Gasteiger partial charge in [-0.1, -0.05) is 30.3 Å². The normalized spacial score (nSPS) is 12.5. The Morgan fingerprint density at radius 3 is 2.68 bits per heavy atom. The first-order chi connectivity index (χ1) is 9.22. The maximum atomic E-state index is 5.47. The molecule has 0 fully saturated rings. The van der Waals surface area contributed by atoms with Gasteiger partial charge in [-0.2, -0.15) is 0 Å². The van der Waals surface area contributed by atoms with E-state index in [1.54, 1.807) is 0 Å². The van der Waals surface area contributed by atoms with Crippen molar-refractivity contribution in [3.63, 3.8) is 0 Å². The van der Waals surface area contributed by atoms with Gasteiger partial charge in [0.15, 0.2) is 11.5 Å². The minimum atomic E-state index is 0.256.